The Balaban J connectivity index is 1.70. The summed E-state index contributed by atoms with van der Waals surface area (Å²) in [5.41, 5.74) is 1.46. The van der Waals surface area contributed by atoms with Gasteiger partial charge in [-0.15, -0.1) is 0 Å². The van der Waals surface area contributed by atoms with Gasteiger partial charge in [0.2, 0.25) is 0 Å². The molecule has 7 heteroatoms. The van der Waals surface area contributed by atoms with Crippen LogP contribution < -0.4 is 5.32 Å². The third-order valence-corrected chi connectivity index (χ3v) is 5.52. The van der Waals surface area contributed by atoms with Crippen LogP contribution in [0.4, 0.5) is 4.39 Å². The molecule has 6 nitrogen and oxygen atoms in total. The van der Waals surface area contributed by atoms with E-state index in [2.05, 4.69) is 15.3 Å². The molecule has 3 N–H and O–H groups in total. The summed E-state index contributed by atoms with van der Waals surface area (Å²) < 4.78 is 19.0. The summed E-state index contributed by atoms with van der Waals surface area (Å²) in [6.07, 6.45) is 2.90. The first-order valence-corrected chi connectivity index (χ1v) is 9.67. The van der Waals surface area contributed by atoms with Crippen LogP contribution in [0, 0.1) is 17.7 Å². The van der Waals surface area contributed by atoms with Gasteiger partial charge in [0.25, 0.3) is 0 Å². The zero-order valence-electron chi connectivity index (χ0n) is 16.1. The second kappa shape index (κ2) is 10.0. The predicted molar refractivity (Wildman–Crippen MR) is 103 cm³/mol. The van der Waals surface area contributed by atoms with Crippen LogP contribution in [0.25, 0.3) is 0 Å². The van der Waals surface area contributed by atoms with Crippen LogP contribution in [0.5, 0.6) is 0 Å². The minimum absolute atomic E-state index is 0.00283. The largest absolute Gasteiger partial charge is 0.396 e. The normalized spacial score (nSPS) is 24.6. The van der Waals surface area contributed by atoms with Gasteiger partial charge in [-0.3, -0.25) is 0 Å². The average Bonchev–Trinajstić information content (AvgIpc) is 3.00. The third kappa shape index (κ3) is 5.11. The van der Waals surface area contributed by atoms with E-state index in [1.807, 2.05) is 6.07 Å². The summed E-state index contributed by atoms with van der Waals surface area (Å²) in [5, 5.41) is 23.6. The third-order valence-electron chi connectivity index (χ3n) is 5.52. The molecule has 0 unspecified atom stereocenters. The molecule has 1 aliphatic carbocycles. The second-order valence-electron chi connectivity index (χ2n) is 7.30. The SMILES string of the molecule is COCCc1nccc(C[C@@H]2[C@@H](CO)[C@H](O)C[C@H]2NCc2ccccc2F)n1. The molecular formula is C21H28FN3O3. The number of aromatic nitrogens is 2. The van der Waals surface area contributed by atoms with Gasteiger partial charge in [-0.05, 0) is 30.9 Å². The van der Waals surface area contributed by atoms with Gasteiger partial charge < -0.3 is 20.3 Å². The van der Waals surface area contributed by atoms with Crippen molar-refractivity contribution in [2.24, 2.45) is 11.8 Å². The minimum Gasteiger partial charge on any atom is -0.396 e. The highest BCUT2D eigenvalue weighted by Crippen LogP contribution is 2.35. The Morgan fingerprint density at radius 3 is 2.82 bits per heavy atom. The van der Waals surface area contributed by atoms with Crippen molar-refractivity contribution in [2.45, 2.75) is 38.0 Å². The molecule has 1 aromatic heterocycles. The first kappa shape index (κ1) is 20.8. The molecular weight excluding hydrogens is 361 g/mol. The summed E-state index contributed by atoms with van der Waals surface area (Å²) in [6.45, 7) is 0.838. The summed E-state index contributed by atoms with van der Waals surface area (Å²) in [4.78, 5) is 8.86. The van der Waals surface area contributed by atoms with E-state index in [4.69, 9.17) is 4.74 Å². The summed E-state index contributed by atoms with van der Waals surface area (Å²) >= 11 is 0. The van der Waals surface area contributed by atoms with Gasteiger partial charge in [0.15, 0.2) is 0 Å². The van der Waals surface area contributed by atoms with Crippen LogP contribution >= 0.6 is 0 Å². The van der Waals surface area contributed by atoms with E-state index in [0.717, 1.165) is 5.69 Å². The Bertz CT molecular complexity index is 761. The van der Waals surface area contributed by atoms with Crippen LogP contribution in [0.2, 0.25) is 0 Å². The first-order valence-electron chi connectivity index (χ1n) is 9.67. The van der Waals surface area contributed by atoms with Gasteiger partial charge in [0.1, 0.15) is 11.6 Å². The monoisotopic (exact) mass is 389 g/mol. The fourth-order valence-corrected chi connectivity index (χ4v) is 3.97. The molecule has 0 bridgehead atoms. The Morgan fingerprint density at radius 1 is 1.25 bits per heavy atom. The molecule has 2 aromatic rings. The average molecular weight is 389 g/mol. The van der Waals surface area contributed by atoms with Crippen LogP contribution in [-0.4, -0.2) is 52.7 Å². The van der Waals surface area contributed by atoms with Crippen LogP contribution in [0.1, 0.15) is 23.5 Å². The fourth-order valence-electron chi connectivity index (χ4n) is 3.97. The lowest BCUT2D eigenvalue weighted by Gasteiger charge is -2.25. The van der Waals surface area contributed by atoms with E-state index in [1.165, 1.54) is 6.07 Å². The molecule has 1 saturated carbocycles. The van der Waals surface area contributed by atoms with Gasteiger partial charge in [-0.25, -0.2) is 14.4 Å². The summed E-state index contributed by atoms with van der Waals surface area (Å²) in [6, 6.07) is 8.49. The van der Waals surface area contributed by atoms with Gasteiger partial charge in [0, 0.05) is 56.1 Å². The highest BCUT2D eigenvalue weighted by Gasteiger charge is 2.42. The number of benzene rings is 1. The van der Waals surface area contributed by atoms with E-state index in [-0.39, 0.29) is 30.3 Å². The van der Waals surface area contributed by atoms with Gasteiger partial charge in [-0.1, -0.05) is 18.2 Å². The maximum absolute atomic E-state index is 13.9. The lowest BCUT2D eigenvalue weighted by Crippen LogP contribution is -2.36. The molecule has 1 aromatic carbocycles. The number of rotatable bonds is 9. The molecule has 0 spiro atoms. The molecule has 152 valence electrons. The number of aliphatic hydroxyl groups is 2. The van der Waals surface area contributed by atoms with Gasteiger partial charge in [-0.2, -0.15) is 0 Å². The molecule has 0 amide bonds. The van der Waals surface area contributed by atoms with Crippen molar-refractivity contribution in [2.75, 3.05) is 20.3 Å². The lowest BCUT2D eigenvalue weighted by molar-refractivity contribution is 0.0716. The number of nitrogens with zero attached hydrogens (tertiary/aromatic N) is 2. The number of hydrogen-bond donors (Lipinski definition) is 3. The van der Waals surface area contributed by atoms with E-state index in [0.29, 0.717) is 43.8 Å². The Hall–Kier alpha value is -1.93. The standard InChI is InChI=1S/C21H28FN3O3/c1-28-9-7-21-23-8-6-15(25-21)10-16-17(13-26)20(27)11-19(16)24-12-14-4-2-3-5-18(14)22/h2-6,8,16-17,19-20,24,26-27H,7,9-13H2,1H3/t16-,17-,19-,20-/m1/s1. The van der Waals surface area contributed by atoms with E-state index in [1.54, 1.807) is 31.5 Å². The quantitative estimate of drug-likeness (QED) is 0.602. The van der Waals surface area contributed by atoms with E-state index in [9.17, 15) is 14.6 Å². The number of aliphatic hydroxyl groups excluding tert-OH is 2. The van der Waals surface area contributed by atoms with Crippen molar-refractivity contribution in [3.05, 3.63) is 59.4 Å². The van der Waals surface area contributed by atoms with E-state index < -0.39 is 6.10 Å². The molecule has 0 radical (unpaired) electrons. The van der Waals surface area contributed by atoms with Crippen LogP contribution in [0.15, 0.2) is 36.5 Å². The predicted octanol–water partition coefficient (Wildman–Crippen LogP) is 1.49. The molecule has 1 heterocycles. The number of halogens is 1. The van der Waals surface area contributed by atoms with Crippen molar-refractivity contribution in [1.82, 2.24) is 15.3 Å². The molecule has 1 fully saturated rings. The van der Waals surface area contributed by atoms with Crippen LogP contribution in [-0.2, 0) is 24.1 Å². The Morgan fingerprint density at radius 2 is 2.07 bits per heavy atom. The Labute approximate surface area is 164 Å². The van der Waals surface area contributed by atoms with Crippen molar-refractivity contribution in [3.8, 4) is 0 Å². The van der Waals surface area contributed by atoms with Gasteiger partial charge in [0.05, 0.1) is 12.7 Å². The maximum Gasteiger partial charge on any atom is 0.130 e. The van der Waals surface area contributed by atoms with Crippen molar-refractivity contribution >= 4 is 0 Å². The fraction of sp³-hybridized carbons (Fsp3) is 0.524. The zero-order chi connectivity index (χ0) is 19.9. The highest BCUT2D eigenvalue weighted by atomic mass is 19.1. The van der Waals surface area contributed by atoms with Gasteiger partial charge >= 0.3 is 0 Å². The molecule has 4 atom stereocenters. The highest BCUT2D eigenvalue weighted by molar-refractivity contribution is 5.17. The lowest BCUT2D eigenvalue weighted by atomic mass is 9.88. The number of ether oxygens (including phenoxy) is 1. The molecule has 3 rings (SSSR count). The number of hydrogen-bond acceptors (Lipinski definition) is 6. The molecule has 0 aliphatic heterocycles. The summed E-state index contributed by atoms with van der Waals surface area (Å²) in [7, 11) is 1.64. The van der Waals surface area contributed by atoms with Crippen molar-refractivity contribution in [3.63, 3.8) is 0 Å². The van der Waals surface area contributed by atoms with Crippen molar-refractivity contribution < 1.29 is 19.3 Å². The summed E-state index contributed by atoms with van der Waals surface area (Å²) in [5.74, 6) is 0.226. The van der Waals surface area contributed by atoms with E-state index >= 15 is 0 Å². The first-order chi connectivity index (χ1) is 13.6. The minimum atomic E-state index is -0.595. The molecule has 28 heavy (non-hydrogen) atoms. The van der Waals surface area contributed by atoms with Crippen molar-refractivity contribution in [1.29, 1.82) is 0 Å². The zero-order valence-corrected chi connectivity index (χ0v) is 16.1. The smallest absolute Gasteiger partial charge is 0.130 e. The second-order valence-corrected chi connectivity index (χ2v) is 7.30. The molecule has 0 saturated heterocycles. The topological polar surface area (TPSA) is 87.5 Å². The number of nitrogens with one attached hydrogen (secondary N) is 1. The Kier molecular flexibility index (Phi) is 7.44. The van der Waals surface area contributed by atoms with Crippen LogP contribution in [0.3, 0.4) is 0 Å². The maximum atomic E-state index is 13.9. The molecule has 1 aliphatic rings. The number of methoxy groups -OCH3 is 1.